The molecule has 4 aromatic rings. The van der Waals surface area contributed by atoms with Gasteiger partial charge in [0.25, 0.3) is 0 Å². The maximum atomic E-state index is 10.9. The van der Waals surface area contributed by atoms with E-state index < -0.39 is 0 Å². The number of ether oxygens (including phenoxy) is 1. The molecule has 0 saturated heterocycles. The van der Waals surface area contributed by atoms with Crippen LogP contribution in [0, 0.1) is 6.92 Å². The molecule has 0 amide bonds. The zero-order chi connectivity index (χ0) is 19.0. The number of fused-ring (bicyclic) bond motifs is 1. The van der Waals surface area contributed by atoms with Crippen LogP contribution in [0.25, 0.3) is 16.7 Å². The number of aryl methyl sites for hydroxylation is 1. The standard InChI is InChI=1S/C19H15ClN4O2S/c1-11-16(23-15-4-3-5-17(26-2)18(15)20)6-12-8-21-24(19(12)22-11)13-7-14(9-25)27-10-13/h3-10,23H,1-2H3. The second-order valence-electron chi connectivity index (χ2n) is 5.86. The van der Waals surface area contributed by atoms with Crippen molar-refractivity contribution < 1.29 is 9.53 Å². The second kappa shape index (κ2) is 7.02. The molecule has 4 rings (SSSR count). The monoisotopic (exact) mass is 398 g/mol. The minimum Gasteiger partial charge on any atom is -0.495 e. The highest BCUT2D eigenvalue weighted by Gasteiger charge is 2.13. The molecule has 0 fully saturated rings. The van der Waals surface area contributed by atoms with Crippen molar-refractivity contribution in [2.45, 2.75) is 6.92 Å². The maximum Gasteiger partial charge on any atom is 0.163 e. The molecule has 0 atom stereocenters. The molecule has 1 N–H and O–H groups in total. The Balaban J connectivity index is 1.74. The summed E-state index contributed by atoms with van der Waals surface area (Å²) in [7, 11) is 1.58. The first kappa shape index (κ1) is 17.5. The number of aromatic nitrogens is 3. The number of rotatable bonds is 5. The summed E-state index contributed by atoms with van der Waals surface area (Å²) >= 11 is 7.75. The Morgan fingerprint density at radius 3 is 2.89 bits per heavy atom. The van der Waals surface area contributed by atoms with Crippen LogP contribution in [-0.2, 0) is 0 Å². The minimum atomic E-state index is 0.509. The molecule has 8 heteroatoms. The predicted molar refractivity (Wildman–Crippen MR) is 108 cm³/mol. The summed E-state index contributed by atoms with van der Waals surface area (Å²) in [6.07, 6.45) is 2.58. The quantitative estimate of drug-likeness (QED) is 0.478. The largest absolute Gasteiger partial charge is 0.495 e. The highest BCUT2D eigenvalue weighted by Crippen LogP contribution is 2.35. The van der Waals surface area contributed by atoms with Gasteiger partial charge in [0.1, 0.15) is 10.8 Å². The molecule has 136 valence electrons. The van der Waals surface area contributed by atoms with Gasteiger partial charge in [-0.05, 0) is 31.2 Å². The topological polar surface area (TPSA) is 69.0 Å². The van der Waals surface area contributed by atoms with Crippen LogP contribution in [0.4, 0.5) is 11.4 Å². The highest BCUT2D eigenvalue weighted by molar-refractivity contribution is 7.12. The molecule has 0 radical (unpaired) electrons. The van der Waals surface area contributed by atoms with E-state index in [0.717, 1.165) is 40.1 Å². The Bertz CT molecular complexity index is 1150. The minimum absolute atomic E-state index is 0.509. The predicted octanol–water partition coefficient (Wildman–Crippen LogP) is 5.01. The van der Waals surface area contributed by atoms with Crippen LogP contribution >= 0.6 is 22.9 Å². The molecule has 0 unspecified atom stereocenters. The first-order chi connectivity index (χ1) is 13.1. The first-order valence-electron chi connectivity index (χ1n) is 8.09. The molecular weight excluding hydrogens is 384 g/mol. The Morgan fingerprint density at radius 2 is 2.15 bits per heavy atom. The van der Waals surface area contributed by atoms with Crippen molar-refractivity contribution >= 4 is 51.6 Å². The molecule has 0 bridgehead atoms. The smallest absolute Gasteiger partial charge is 0.163 e. The van der Waals surface area contributed by atoms with Gasteiger partial charge in [-0.25, -0.2) is 9.67 Å². The molecule has 0 aliphatic rings. The number of nitrogens with zero attached hydrogens (tertiary/aromatic N) is 3. The van der Waals surface area contributed by atoms with Gasteiger partial charge in [-0.2, -0.15) is 5.10 Å². The molecular formula is C19H15ClN4O2S. The van der Waals surface area contributed by atoms with Crippen LogP contribution in [0.5, 0.6) is 5.75 Å². The van der Waals surface area contributed by atoms with Gasteiger partial charge in [0.05, 0.1) is 40.9 Å². The first-order valence-corrected chi connectivity index (χ1v) is 9.35. The molecule has 0 aliphatic heterocycles. The van der Waals surface area contributed by atoms with Crippen molar-refractivity contribution in [1.82, 2.24) is 14.8 Å². The van der Waals surface area contributed by atoms with E-state index >= 15 is 0 Å². The lowest BCUT2D eigenvalue weighted by Crippen LogP contribution is -2.00. The van der Waals surface area contributed by atoms with Crippen molar-refractivity contribution in [2.75, 3.05) is 12.4 Å². The number of thiophene rings is 1. The number of halogens is 1. The number of nitrogens with one attached hydrogen (secondary N) is 1. The molecule has 6 nitrogen and oxygen atoms in total. The average Bonchev–Trinajstić information content (AvgIpc) is 3.30. The third-order valence-corrected chi connectivity index (χ3v) is 5.39. The Morgan fingerprint density at radius 1 is 1.30 bits per heavy atom. The fraction of sp³-hybridized carbons (Fsp3) is 0.105. The van der Waals surface area contributed by atoms with Crippen LogP contribution in [0.2, 0.25) is 5.02 Å². The van der Waals surface area contributed by atoms with Crippen LogP contribution in [0.3, 0.4) is 0 Å². The van der Waals surface area contributed by atoms with Crippen molar-refractivity contribution in [3.63, 3.8) is 0 Å². The number of hydrogen-bond donors (Lipinski definition) is 1. The van der Waals surface area contributed by atoms with Gasteiger partial charge in [0.2, 0.25) is 0 Å². The van der Waals surface area contributed by atoms with Crippen molar-refractivity contribution in [2.24, 2.45) is 0 Å². The number of benzene rings is 1. The summed E-state index contributed by atoms with van der Waals surface area (Å²) in [4.78, 5) is 16.3. The molecule has 3 heterocycles. The van der Waals surface area contributed by atoms with Crippen LogP contribution in [0.15, 0.2) is 41.9 Å². The van der Waals surface area contributed by atoms with E-state index in [9.17, 15) is 4.79 Å². The molecule has 0 saturated carbocycles. The molecule has 0 aliphatic carbocycles. The maximum absolute atomic E-state index is 10.9. The Labute approximate surface area is 164 Å². The third-order valence-electron chi connectivity index (χ3n) is 4.15. The highest BCUT2D eigenvalue weighted by atomic mass is 35.5. The Hall–Kier alpha value is -2.90. The number of aldehydes is 1. The van der Waals surface area contributed by atoms with Gasteiger partial charge in [-0.1, -0.05) is 17.7 Å². The lowest BCUT2D eigenvalue weighted by atomic mass is 10.2. The van der Waals surface area contributed by atoms with Gasteiger partial charge < -0.3 is 10.1 Å². The molecule has 3 aromatic heterocycles. The summed E-state index contributed by atoms with van der Waals surface area (Å²) < 4.78 is 6.99. The zero-order valence-corrected chi connectivity index (χ0v) is 16.1. The number of carbonyl (C=O) groups is 1. The van der Waals surface area contributed by atoms with Crippen molar-refractivity contribution in [3.05, 3.63) is 57.5 Å². The third kappa shape index (κ3) is 3.15. The average molecular weight is 399 g/mol. The lowest BCUT2D eigenvalue weighted by Gasteiger charge is -2.13. The molecule has 27 heavy (non-hydrogen) atoms. The van der Waals surface area contributed by atoms with E-state index in [1.165, 1.54) is 11.3 Å². The van der Waals surface area contributed by atoms with Gasteiger partial charge >= 0.3 is 0 Å². The summed E-state index contributed by atoms with van der Waals surface area (Å²) in [6, 6.07) is 9.32. The fourth-order valence-corrected chi connectivity index (χ4v) is 3.71. The van der Waals surface area contributed by atoms with E-state index in [4.69, 9.17) is 21.3 Å². The van der Waals surface area contributed by atoms with Gasteiger partial charge in [-0.15, -0.1) is 11.3 Å². The van der Waals surface area contributed by atoms with Crippen LogP contribution < -0.4 is 10.1 Å². The van der Waals surface area contributed by atoms with Crippen molar-refractivity contribution in [1.29, 1.82) is 0 Å². The van der Waals surface area contributed by atoms with Crippen molar-refractivity contribution in [3.8, 4) is 11.4 Å². The summed E-state index contributed by atoms with van der Waals surface area (Å²) in [5.74, 6) is 0.601. The summed E-state index contributed by atoms with van der Waals surface area (Å²) in [5, 5.41) is 11.0. The summed E-state index contributed by atoms with van der Waals surface area (Å²) in [5.41, 5.74) is 3.91. The SMILES string of the molecule is COc1cccc(Nc2cc3cnn(-c4csc(C=O)c4)c3nc2C)c1Cl. The second-order valence-corrected chi connectivity index (χ2v) is 7.18. The van der Waals surface area contributed by atoms with Crippen LogP contribution in [-0.4, -0.2) is 28.2 Å². The van der Waals surface area contributed by atoms with E-state index in [1.807, 2.05) is 30.5 Å². The molecule has 0 spiro atoms. The van der Waals surface area contributed by atoms with E-state index in [1.54, 1.807) is 30.1 Å². The number of pyridine rings is 1. The van der Waals surface area contributed by atoms with Gasteiger partial charge in [0.15, 0.2) is 11.9 Å². The Kier molecular flexibility index (Phi) is 4.55. The van der Waals surface area contributed by atoms with E-state index in [2.05, 4.69) is 10.4 Å². The van der Waals surface area contributed by atoms with Gasteiger partial charge in [-0.3, -0.25) is 4.79 Å². The number of methoxy groups -OCH3 is 1. The van der Waals surface area contributed by atoms with Gasteiger partial charge in [0, 0.05) is 10.8 Å². The van der Waals surface area contributed by atoms with E-state index in [-0.39, 0.29) is 0 Å². The zero-order valence-electron chi connectivity index (χ0n) is 14.6. The normalized spacial score (nSPS) is 10.9. The van der Waals surface area contributed by atoms with Crippen LogP contribution in [0.1, 0.15) is 15.4 Å². The number of hydrogen-bond acceptors (Lipinski definition) is 6. The summed E-state index contributed by atoms with van der Waals surface area (Å²) in [6.45, 7) is 1.91. The lowest BCUT2D eigenvalue weighted by molar-refractivity contribution is 0.112. The number of carbonyl (C=O) groups excluding carboxylic acids is 1. The van der Waals surface area contributed by atoms with E-state index in [0.29, 0.717) is 15.6 Å². The number of anilines is 2. The molecule has 1 aromatic carbocycles. The fourth-order valence-electron chi connectivity index (χ4n) is 2.79.